The van der Waals surface area contributed by atoms with E-state index in [9.17, 15) is 40.9 Å². The molecule has 0 heterocycles. The summed E-state index contributed by atoms with van der Waals surface area (Å²) in [7, 11) is -7.45. The molecule has 0 saturated heterocycles. The topological polar surface area (TPSA) is 137 Å². The minimum Gasteiger partial charge on any atom is -0.324 e. The van der Waals surface area contributed by atoms with E-state index in [0.717, 1.165) is 43.3 Å². The molecule has 0 aromatic heterocycles. The Morgan fingerprint density at radius 2 is 1.81 bits per heavy atom. The summed E-state index contributed by atoms with van der Waals surface area (Å²) in [6, 6.07) is 7.80. The number of phosphoric ester groups is 1. The van der Waals surface area contributed by atoms with Crippen molar-refractivity contribution in [2.24, 2.45) is 0 Å². The van der Waals surface area contributed by atoms with E-state index < -0.39 is 64.7 Å². The summed E-state index contributed by atoms with van der Waals surface area (Å²) in [4.78, 5) is 31.1. The first-order chi connectivity index (χ1) is 14.6. The molecular formula is C18H15F4N2O6PS. The average Bonchev–Trinajstić information content (AvgIpc) is 2.66. The van der Waals surface area contributed by atoms with Crippen LogP contribution in [0.2, 0.25) is 0 Å². The maximum Gasteiger partial charge on any atom is 0.470 e. The molecule has 3 N–H and O–H groups in total. The Balaban J connectivity index is 2.37. The van der Waals surface area contributed by atoms with Gasteiger partial charge in [-0.25, -0.2) is 8.96 Å². The zero-order valence-electron chi connectivity index (χ0n) is 16.1. The van der Waals surface area contributed by atoms with Gasteiger partial charge in [0.25, 0.3) is 5.91 Å². The second kappa shape index (κ2) is 9.48. The SMILES string of the molecule is CC(CS(=O)c1ccc(F)cc1)(OP(=O)(O)O)C(=O)Nc1ccc(C#N)c(C(F)(F)F)c1. The number of carbonyl (C=O) groups is 1. The summed E-state index contributed by atoms with van der Waals surface area (Å²) in [6.07, 6.45) is -4.92. The Kier molecular flexibility index (Phi) is 7.59. The quantitative estimate of drug-likeness (QED) is 0.397. The number of nitrogens with one attached hydrogen (secondary N) is 1. The number of carbonyl (C=O) groups excluding carboxylic acids is 1. The summed E-state index contributed by atoms with van der Waals surface area (Å²) in [6.45, 7) is 0.886. The summed E-state index contributed by atoms with van der Waals surface area (Å²) in [5.41, 5.74) is -4.97. The number of anilines is 1. The molecule has 2 aromatic rings. The summed E-state index contributed by atoms with van der Waals surface area (Å²) >= 11 is 0. The van der Waals surface area contributed by atoms with Crippen LogP contribution in [0.25, 0.3) is 0 Å². The lowest BCUT2D eigenvalue weighted by molar-refractivity contribution is -0.137. The van der Waals surface area contributed by atoms with Gasteiger partial charge in [-0.3, -0.25) is 13.5 Å². The minimum absolute atomic E-state index is 0.0115. The molecule has 2 unspecified atom stereocenters. The normalized spacial score (nSPS) is 14.8. The van der Waals surface area contributed by atoms with Crippen LogP contribution in [0.15, 0.2) is 47.4 Å². The molecule has 14 heteroatoms. The van der Waals surface area contributed by atoms with Gasteiger partial charge in [-0.2, -0.15) is 18.4 Å². The Labute approximate surface area is 181 Å². The predicted octanol–water partition coefficient (Wildman–Crippen LogP) is 3.33. The number of rotatable bonds is 7. The summed E-state index contributed by atoms with van der Waals surface area (Å²) in [5, 5.41) is 10.9. The number of hydrogen-bond donors (Lipinski definition) is 3. The number of nitriles is 1. The first-order valence-electron chi connectivity index (χ1n) is 8.48. The third-order valence-corrected chi connectivity index (χ3v) is 6.24. The Morgan fingerprint density at radius 1 is 1.22 bits per heavy atom. The standard InChI is InChI=1S/C18H15F4N2O6PS/c1-17(30-31(26,27)28,10-32(29)14-6-3-12(19)4-7-14)16(25)24-13-5-2-11(9-23)15(8-13)18(20,21)22/h2-8H,10H2,1H3,(H,24,25)(H2,26,27,28). The number of halogens is 4. The molecule has 0 fully saturated rings. The lowest BCUT2D eigenvalue weighted by Crippen LogP contribution is -2.46. The first kappa shape index (κ1) is 25.6. The van der Waals surface area contributed by atoms with E-state index in [2.05, 4.69) is 4.52 Å². The highest BCUT2D eigenvalue weighted by Crippen LogP contribution is 2.42. The molecule has 0 aliphatic carbocycles. The molecule has 0 radical (unpaired) electrons. The van der Waals surface area contributed by atoms with E-state index in [1.165, 1.54) is 6.07 Å². The zero-order valence-corrected chi connectivity index (χ0v) is 17.8. The third-order valence-electron chi connectivity index (χ3n) is 3.99. The molecule has 172 valence electrons. The van der Waals surface area contributed by atoms with Crippen molar-refractivity contribution in [1.29, 1.82) is 5.26 Å². The van der Waals surface area contributed by atoms with E-state index >= 15 is 0 Å². The number of benzene rings is 2. The zero-order chi connectivity index (χ0) is 24.3. The number of alkyl halides is 3. The van der Waals surface area contributed by atoms with E-state index in [0.29, 0.717) is 6.07 Å². The number of phosphoric acid groups is 1. The van der Waals surface area contributed by atoms with Crippen LogP contribution in [0.3, 0.4) is 0 Å². The van der Waals surface area contributed by atoms with Crippen molar-refractivity contribution in [3.8, 4) is 6.07 Å². The number of hydrogen-bond acceptors (Lipinski definition) is 5. The molecule has 2 rings (SSSR count). The van der Waals surface area contributed by atoms with Crippen molar-refractivity contribution in [1.82, 2.24) is 0 Å². The largest absolute Gasteiger partial charge is 0.470 e. The molecule has 0 aliphatic rings. The van der Waals surface area contributed by atoms with Gasteiger partial charge in [0.05, 0.1) is 33.7 Å². The molecular weight excluding hydrogens is 479 g/mol. The van der Waals surface area contributed by atoms with Gasteiger partial charge in [0.15, 0.2) is 5.60 Å². The van der Waals surface area contributed by atoms with Gasteiger partial charge in [-0.1, -0.05) is 0 Å². The fraction of sp³-hybridized carbons (Fsp3) is 0.222. The first-order valence-corrected chi connectivity index (χ1v) is 11.3. The lowest BCUT2D eigenvalue weighted by atomic mass is 10.1. The molecule has 0 saturated carbocycles. The monoisotopic (exact) mass is 494 g/mol. The molecule has 1 amide bonds. The van der Waals surface area contributed by atoms with Crippen molar-refractivity contribution in [2.45, 2.75) is 23.6 Å². The maximum absolute atomic E-state index is 13.1. The molecule has 2 aromatic carbocycles. The van der Waals surface area contributed by atoms with Crippen LogP contribution in [0, 0.1) is 17.1 Å². The number of amides is 1. The fourth-order valence-electron chi connectivity index (χ4n) is 2.53. The van der Waals surface area contributed by atoms with Crippen LogP contribution in [0.5, 0.6) is 0 Å². The van der Waals surface area contributed by atoms with Crippen LogP contribution < -0.4 is 5.32 Å². The van der Waals surface area contributed by atoms with Gasteiger partial charge in [0.2, 0.25) is 0 Å². The van der Waals surface area contributed by atoms with E-state index in [4.69, 9.17) is 5.26 Å². The van der Waals surface area contributed by atoms with E-state index in [1.807, 2.05) is 5.32 Å². The fourth-order valence-corrected chi connectivity index (χ4v) is 4.59. The average molecular weight is 494 g/mol. The van der Waals surface area contributed by atoms with Crippen molar-refractivity contribution in [3.63, 3.8) is 0 Å². The van der Waals surface area contributed by atoms with Crippen LogP contribution >= 0.6 is 7.82 Å². The molecule has 0 bridgehead atoms. The maximum atomic E-state index is 13.1. The molecule has 0 spiro atoms. The van der Waals surface area contributed by atoms with Crippen LogP contribution in [-0.2, 0) is 30.9 Å². The van der Waals surface area contributed by atoms with Gasteiger partial charge in [-0.15, -0.1) is 0 Å². The van der Waals surface area contributed by atoms with Gasteiger partial charge < -0.3 is 15.1 Å². The van der Waals surface area contributed by atoms with Crippen LogP contribution in [-0.4, -0.2) is 31.3 Å². The van der Waals surface area contributed by atoms with Crippen molar-refractivity contribution < 1.29 is 45.4 Å². The Hall–Kier alpha value is -2.62. The summed E-state index contributed by atoms with van der Waals surface area (Å²) in [5.74, 6) is -2.77. The molecule has 32 heavy (non-hydrogen) atoms. The highest BCUT2D eigenvalue weighted by Gasteiger charge is 2.43. The Morgan fingerprint density at radius 3 is 2.31 bits per heavy atom. The second-order valence-corrected chi connectivity index (χ2v) is 9.20. The Bertz CT molecular complexity index is 1130. The molecule has 2 atom stereocenters. The van der Waals surface area contributed by atoms with Crippen molar-refractivity contribution in [2.75, 3.05) is 11.1 Å². The minimum atomic E-state index is -5.33. The van der Waals surface area contributed by atoms with Crippen molar-refractivity contribution in [3.05, 3.63) is 59.4 Å². The second-order valence-electron chi connectivity index (χ2n) is 6.58. The van der Waals surface area contributed by atoms with E-state index in [-0.39, 0.29) is 4.90 Å². The van der Waals surface area contributed by atoms with E-state index in [1.54, 1.807) is 0 Å². The third kappa shape index (κ3) is 6.69. The lowest BCUT2D eigenvalue weighted by Gasteiger charge is -2.28. The smallest absolute Gasteiger partial charge is 0.324 e. The van der Waals surface area contributed by atoms with Crippen LogP contribution in [0.1, 0.15) is 18.1 Å². The van der Waals surface area contributed by atoms with Crippen LogP contribution in [0.4, 0.5) is 23.2 Å². The predicted molar refractivity (Wildman–Crippen MR) is 104 cm³/mol. The highest BCUT2D eigenvalue weighted by molar-refractivity contribution is 7.85. The van der Waals surface area contributed by atoms with Gasteiger partial charge in [0, 0.05) is 10.6 Å². The molecule has 0 aliphatic heterocycles. The van der Waals surface area contributed by atoms with Gasteiger partial charge >= 0.3 is 14.0 Å². The number of nitrogens with zero attached hydrogens (tertiary/aromatic N) is 1. The van der Waals surface area contributed by atoms with Crippen molar-refractivity contribution >= 4 is 30.2 Å². The highest BCUT2D eigenvalue weighted by atomic mass is 32.2. The molecule has 8 nitrogen and oxygen atoms in total. The van der Waals surface area contributed by atoms with Gasteiger partial charge in [-0.05, 0) is 49.4 Å². The van der Waals surface area contributed by atoms with Gasteiger partial charge in [0.1, 0.15) is 5.82 Å². The summed E-state index contributed by atoms with van der Waals surface area (Å²) < 4.78 is 81.0.